The van der Waals surface area contributed by atoms with Gasteiger partial charge in [-0.2, -0.15) is 10.2 Å². The van der Waals surface area contributed by atoms with Crippen molar-refractivity contribution in [2.45, 2.75) is 6.04 Å². The standard InChI is InChI=1S/C12H10ClFN4/c13-9-5-16-18(7-9)11-6-15-17-12(11)8-1-3-10(14)4-2-8/h1-5,7,11,15H,6H2. The fourth-order valence-corrected chi connectivity index (χ4v) is 2.11. The fourth-order valence-electron chi connectivity index (χ4n) is 1.97. The molecule has 0 aliphatic carbocycles. The molecular formula is C12H10ClFN4. The molecule has 0 amide bonds. The maximum absolute atomic E-state index is 12.9. The quantitative estimate of drug-likeness (QED) is 0.904. The monoisotopic (exact) mass is 264 g/mol. The second-order valence-corrected chi connectivity index (χ2v) is 4.46. The number of hydrogen-bond donors (Lipinski definition) is 1. The van der Waals surface area contributed by atoms with Gasteiger partial charge in [-0.1, -0.05) is 23.7 Å². The van der Waals surface area contributed by atoms with Crippen LogP contribution in [-0.2, 0) is 0 Å². The van der Waals surface area contributed by atoms with Crippen molar-refractivity contribution >= 4 is 17.3 Å². The Morgan fingerprint density at radius 2 is 2.11 bits per heavy atom. The van der Waals surface area contributed by atoms with E-state index in [0.717, 1.165) is 11.3 Å². The number of benzene rings is 1. The molecule has 6 heteroatoms. The van der Waals surface area contributed by atoms with Gasteiger partial charge < -0.3 is 5.43 Å². The van der Waals surface area contributed by atoms with Crippen LogP contribution in [0.3, 0.4) is 0 Å². The lowest BCUT2D eigenvalue weighted by atomic mass is 10.0. The zero-order valence-corrected chi connectivity index (χ0v) is 10.1. The van der Waals surface area contributed by atoms with E-state index in [1.54, 1.807) is 29.2 Å². The first-order chi connectivity index (χ1) is 8.74. The molecule has 18 heavy (non-hydrogen) atoms. The maximum Gasteiger partial charge on any atom is 0.123 e. The van der Waals surface area contributed by atoms with E-state index < -0.39 is 0 Å². The molecule has 2 aromatic rings. The molecule has 0 spiro atoms. The topological polar surface area (TPSA) is 42.2 Å². The van der Waals surface area contributed by atoms with Crippen molar-refractivity contribution in [3.63, 3.8) is 0 Å². The lowest BCUT2D eigenvalue weighted by molar-refractivity contribution is 0.561. The minimum Gasteiger partial charge on any atom is -0.307 e. The van der Waals surface area contributed by atoms with Gasteiger partial charge in [0.1, 0.15) is 11.9 Å². The van der Waals surface area contributed by atoms with Crippen LogP contribution in [0.1, 0.15) is 11.6 Å². The molecule has 1 aliphatic heterocycles. The molecular weight excluding hydrogens is 255 g/mol. The summed E-state index contributed by atoms with van der Waals surface area (Å²) in [6.45, 7) is 0.644. The van der Waals surface area contributed by atoms with Gasteiger partial charge in [0.2, 0.25) is 0 Å². The van der Waals surface area contributed by atoms with Gasteiger partial charge in [0.05, 0.1) is 23.5 Å². The minimum atomic E-state index is -0.260. The summed E-state index contributed by atoms with van der Waals surface area (Å²) in [5.74, 6) is -0.260. The van der Waals surface area contributed by atoms with Gasteiger partial charge in [-0.15, -0.1) is 0 Å². The predicted molar refractivity (Wildman–Crippen MR) is 67.2 cm³/mol. The molecule has 3 rings (SSSR count). The Hall–Kier alpha value is -1.88. The Kier molecular flexibility index (Phi) is 2.76. The highest BCUT2D eigenvalue weighted by Gasteiger charge is 2.25. The SMILES string of the molecule is Fc1ccc(C2=NNCC2n2cc(Cl)cn2)cc1. The summed E-state index contributed by atoms with van der Waals surface area (Å²) in [4.78, 5) is 0. The molecule has 0 saturated heterocycles. The lowest BCUT2D eigenvalue weighted by Crippen LogP contribution is -2.21. The molecule has 4 nitrogen and oxygen atoms in total. The lowest BCUT2D eigenvalue weighted by Gasteiger charge is -2.12. The van der Waals surface area contributed by atoms with Crippen molar-refractivity contribution in [2.75, 3.05) is 6.54 Å². The molecule has 0 bridgehead atoms. The average molecular weight is 265 g/mol. The van der Waals surface area contributed by atoms with Gasteiger partial charge >= 0.3 is 0 Å². The Labute approximate surface area is 108 Å². The molecule has 1 unspecified atom stereocenters. The second-order valence-electron chi connectivity index (χ2n) is 4.02. The first kappa shape index (κ1) is 11.2. The van der Waals surface area contributed by atoms with Crippen LogP contribution in [0.4, 0.5) is 4.39 Å². The Morgan fingerprint density at radius 3 is 2.78 bits per heavy atom. The first-order valence-electron chi connectivity index (χ1n) is 5.50. The van der Waals surface area contributed by atoms with Crippen molar-refractivity contribution < 1.29 is 4.39 Å². The van der Waals surface area contributed by atoms with Crippen LogP contribution in [0, 0.1) is 5.82 Å². The number of rotatable bonds is 2. The summed E-state index contributed by atoms with van der Waals surface area (Å²) in [5, 5.41) is 9.01. The summed E-state index contributed by atoms with van der Waals surface area (Å²) in [7, 11) is 0. The van der Waals surface area contributed by atoms with Gasteiger partial charge in [0.15, 0.2) is 0 Å². The minimum absolute atomic E-state index is 0.0250. The zero-order chi connectivity index (χ0) is 12.5. The van der Waals surface area contributed by atoms with Crippen LogP contribution in [-0.4, -0.2) is 22.0 Å². The molecule has 0 fully saturated rings. The van der Waals surface area contributed by atoms with Crippen LogP contribution in [0.25, 0.3) is 0 Å². The van der Waals surface area contributed by atoms with E-state index in [1.165, 1.54) is 12.1 Å². The van der Waals surface area contributed by atoms with Gasteiger partial charge in [-0.3, -0.25) is 4.68 Å². The summed E-state index contributed by atoms with van der Waals surface area (Å²) < 4.78 is 14.7. The fraction of sp³-hybridized carbons (Fsp3) is 0.167. The third kappa shape index (κ3) is 1.97. The van der Waals surface area contributed by atoms with E-state index in [-0.39, 0.29) is 11.9 Å². The second kappa shape index (κ2) is 4.42. The summed E-state index contributed by atoms with van der Waals surface area (Å²) in [6.07, 6.45) is 3.33. The van der Waals surface area contributed by atoms with Crippen molar-refractivity contribution in [3.8, 4) is 0 Å². The zero-order valence-electron chi connectivity index (χ0n) is 9.35. The number of hydrogen-bond acceptors (Lipinski definition) is 3. The number of nitrogens with one attached hydrogen (secondary N) is 1. The van der Waals surface area contributed by atoms with Crippen LogP contribution in [0.2, 0.25) is 5.02 Å². The third-order valence-electron chi connectivity index (χ3n) is 2.83. The highest BCUT2D eigenvalue weighted by atomic mass is 35.5. The largest absolute Gasteiger partial charge is 0.307 e. The highest BCUT2D eigenvalue weighted by molar-refractivity contribution is 6.30. The van der Waals surface area contributed by atoms with Gasteiger partial charge in [0, 0.05) is 11.8 Å². The molecule has 1 aromatic carbocycles. The summed E-state index contributed by atoms with van der Waals surface area (Å²) in [5.41, 5.74) is 4.64. The number of nitrogens with zero attached hydrogens (tertiary/aromatic N) is 3. The smallest absolute Gasteiger partial charge is 0.123 e. The molecule has 1 aromatic heterocycles. The molecule has 2 heterocycles. The number of hydrazone groups is 1. The Bertz CT molecular complexity index is 590. The van der Waals surface area contributed by atoms with Crippen LogP contribution in [0.15, 0.2) is 41.8 Å². The Balaban J connectivity index is 1.94. The van der Waals surface area contributed by atoms with Crippen LogP contribution in [0.5, 0.6) is 0 Å². The van der Waals surface area contributed by atoms with Crippen molar-refractivity contribution in [1.29, 1.82) is 0 Å². The first-order valence-corrected chi connectivity index (χ1v) is 5.88. The molecule has 1 N–H and O–H groups in total. The van der Waals surface area contributed by atoms with E-state index in [4.69, 9.17) is 11.6 Å². The van der Waals surface area contributed by atoms with Gasteiger partial charge in [0.25, 0.3) is 0 Å². The number of halogens is 2. The van der Waals surface area contributed by atoms with Crippen LogP contribution >= 0.6 is 11.6 Å². The van der Waals surface area contributed by atoms with E-state index in [2.05, 4.69) is 15.6 Å². The molecule has 1 atom stereocenters. The molecule has 0 radical (unpaired) electrons. The van der Waals surface area contributed by atoms with E-state index in [0.29, 0.717) is 11.6 Å². The molecule has 1 aliphatic rings. The van der Waals surface area contributed by atoms with Crippen molar-refractivity contribution in [3.05, 3.63) is 53.1 Å². The maximum atomic E-state index is 12.9. The normalized spacial score (nSPS) is 18.6. The van der Waals surface area contributed by atoms with E-state index in [1.807, 2.05) is 0 Å². The van der Waals surface area contributed by atoms with Gasteiger partial charge in [-0.25, -0.2) is 4.39 Å². The number of aromatic nitrogens is 2. The highest BCUT2D eigenvalue weighted by Crippen LogP contribution is 2.20. The third-order valence-corrected chi connectivity index (χ3v) is 3.02. The Morgan fingerprint density at radius 1 is 1.33 bits per heavy atom. The van der Waals surface area contributed by atoms with Gasteiger partial charge in [-0.05, 0) is 12.1 Å². The van der Waals surface area contributed by atoms with Crippen LogP contribution < -0.4 is 5.43 Å². The molecule has 92 valence electrons. The van der Waals surface area contributed by atoms with Crippen molar-refractivity contribution in [2.24, 2.45) is 5.10 Å². The predicted octanol–water partition coefficient (Wildman–Crippen LogP) is 2.22. The van der Waals surface area contributed by atoms with Crippen molar-refractivity contribution in [1.82, 2.24) is 15.2 Å². The average Bonchev–Trinajstić information content (AvgIpc) is 2.98. The molecule has 0 saturated carbocycles. The van der Waals surface area contributed by atoms with E-state index in [9.17, 15) is 4.39 Å². The summed E-state index contributed by atoms with van der Waals surface area (Å²) in [6, 6.07) is 6.23. The summed E-state index contributed by atoms with van der Waals surface area (Å²) >= 11 is 5.86. The van der Waals surface area contributed by atoms with E-state index >= 15 is 0 Å².